The largest absolute Gasteiger partial charge is 0.481 e. The first kappa shape index (κ1) is 18.5. The first-order chi connectivity index (χ1) is 10.3. The predicted molar refractivity (Wildman–Crippen MR) is 89.5 cm³/mol. The van der Waals surface area contributed by atoms with Crippen molar-refractivity contribution in [2.45, 2.75) is 103 Å². The van der Waals surface area contributed by atoms with Gasteiger partial charge in [0.2, 0.25) is 0 Å². The van der Waals surface area contributed by atoms with Crippen molar-refractivity contribution in [3.8, 4) is 0 Å². The maximum Gasteiger partial charge on any atom is 0.306 e. The average Bonchev–Trinajstić information content (AvgIpc) is 2.98. The first-order valence-electron chi connectivity index (χ1n) is 9.48. The van der Waals surface area contributed by atoms with Crippen molar-refractivity contribution < 1.29 is 9.90 Å². The molecule has 1 aliphatic carbocycles. The molecule has 0 radical (unpaired) electrons. The number of carboxylic acid groups (broad SMARTS) is 1. The van der Waals surface area contributed by atoms with Crippen LogP contribution in [0.3, 0.4) is 0 Å². The van der Waals surface area contributed by atoms with E-state index in [4.69, 9.17) is 0 Å². The molecule has 0 aliphatic heterocycles. The second kappa shape index (κ2) is 12.1. The number of rotatable bonds is 13. The minimum absolute atomic E-state index is 0.0541. The van der Waals surface area contributed by atoms with Crippen LogP contribution in [0.1, 0.15) is 103 Å². The third-order valence-electron chi connectivity index (χ3n) is 5.15. The minimum Gasteiger partial charge on any atom is -0.481 e. The van der Waals surface area contributed by atoms with Gasteiger partial charge in [0.05, 0.1) is 5.92 Å². The SMILES string of the molecule is CCCCCCCCCCCCC(C(=O)O)C1CCCC1. The van der Waals surface area contributed by atoms with Crippen LogP contribution in [0.4, 0.5) is 0 Å². The molecular formula is C19H36O2. The van der Waals surface area contributed by atoms with Crippen LogP contribution in [-0.4, -0.2) is 11.1 Å². The van der Waals surface area contributed by atoms with Gasteiger partial charge in [0.1, 0.15) is 0 Å². The summed E-state index contributed by atoms with van der Waals surface area (Å²) in [6.45, 7) is 2.26. The van der Waals surface area contributed by atoms with E-state index in [9.17, 15) is 9.90 Å². The van der Waals surface area contributed by atoms with Gasteiger partial charge < -0.3 is 5.11 Å². The van der Waals surface area contributed by atoms with Gasteiger partial charge in [-0.25, -0.2) is 0 Å². The Kier molecular flexibility index (Phi) is 10.6. The highest BCUT2D eigenvalue weighted by Crippen LogP contribution is 2.34. The van der Waals surface area contributed by atoms with Crippen molar-refractivity contribution in [1.29, 1.82) is 0 Å². The number of carbonyl (C=O) groups is 1. The normalized spacial score (nSPS) is 17.2. The summed E-state index contributed by atoms with van der Waals surface area (Å²) in [5, 5.41) is 9.38. The molecule has 1 rings (SSSR count). The molecule has 1 fully saturated rings. The van der Waals surface area contributed by atoms with Crippen molar-refractivity contribution in [2.75, 3.05) is 0 Å². The van der Waals surface area contributed by atoms with Crippen LogP contribution >= 0.6 is 0 Å². The van der Waals surface area contributed by atoms with E-state index in [0.29, 0.717) is 5.92 Å². The van der Waals surface area contributed by atoms with Gasteiger partial charge in [-0.3, -0.25) is 4.79 Å². The average molecular weight is 296 g/mol. The highest BCUT2D eigenvalue weighted by molar-refractivity contribution is 5.70. The quantitative estimate of drug-likeness (QED) is 0.411. The number of hydrogen-bond acceptors (Lipinski definition) is 1. The molecular weight excluding hydrogens is 260 g/mol. The maximum absolute atomic E-state index is 11.4. The highest BCUT2D eigenvalue weighted by Gasteiger charge is 2.29. The second-order valence-electron chi connectivity index (χ2n) is 6.96. The zero-order valence-electron chi connectivity index (χ0n) is 14.1. The highest BCUT2D eigenvalue weighted by atomic mass is 16.4. The van der Waals surface area contributed by atoms with Crippen LogP contribution in [0.15, 0.2) is 0 Å². The summed E-state index contributed by atoms with van der Waals surface area (Å²) < 4.78 is 0. The fourth-order valence-corrected chi connectivity index (χ4v) is 3.77. The molecule has 2 heteroatoms. The van der Waals surface area contributed by atoms with E-state index < -0.39 is 5.97 Å². The number of hydrogen-bond donors (Lipinski definition) is 1. The molecule has 1 aliphatic rings. The number of carboxylic acids is 1. The van der Waals surface area contributed by atoms with E-state index >= 15 is 0 Å². The zero-order chi connectivity index (χ0) is 15.3. The van der Waals surface area contributed by atoms with E-state index in [1.54, 1.807) is 0 Å². The monoisotopic (exact) mass is 296 g/mol. The molecule has 1 saturated carbocycles. The Labute approximate surface area is 131 Å². The predicted octanol–water partition coefficient (Wildman–Crippen LogP) is 6.19. The molecule has 0 amide bonds. The number of aliphatic carboxylic acids is 1. The zero-order valence-corrected chi connectivity index (χ0v) is 14.1. The molecule has 0 aromatic carbocycles. The van der Waals surface area contributed by atoms with E-state index in [-0.39, 0.29) is 5.92 Å². The van der Waals surface area contributed by atoms with Gasteiger partial charge in [-0.1, -0.05) is 84.0 Å². The van der Waals surface area contributed by atoms with E-state index in [2.05, 4.69) is 6.92 Å². The minimum atomic E-state index is -0.544. The lowest BCUT2D eigenvalue weighted by molar-refractivity contribution is -0.144. The van der Waals surface area contributed by atoms with Crippen LogP contribution < -0.4 is 0 Å². The molecule has 1 N–H and O–H groups in total. The Bertz CT molecular complexity index is 256. The smallest absolute Gasteiger partial charge is 0.306 e. The molecule has 2 nitrogen and oxygen atoms in total. The Morgan fingerprint density at radius 2 is 1.38 bits per heavy atom. The first-order valence-corrected chi connectivity index (χ1v) is 9.48. The van der Waals surface area contributed by atoms with Crippen molar-refractivity contribution in [2.24, 2.45) is 11.8 Å². The molecule has 124 valence electrons. The summed E-state index contributed by atoms with van der Waals surface area (Å²) >= 11 is 0. The topological polar surface area (TPSA) is 37.3 Å². The third kappa shape index (κ3) is 8.48. The van der Waals surface area contributed by atoms with Crippen molar-refractivity contribution >= 4 is 5.97 Å². The lowest BCUT2D eigenvalue weighted by Crippen LogP contribution is -2.21. The Balaban J connectivity index is 1.95. The molecule has 0 heterocycles. The summed E-state index contributed by atoms with van der Waals surface area (Å²) in [6.07, 6.45) is 18.9. The Morgan fingerprint density at radius 1 is 0.905 bits per heavy atom. The molecule has 0 saturated heterocycles. The maximum atomic E-state index is 11.4. The van der Waals surface area contributed by atoms with Crippen LogP contribution in [0.5, 0.6) is 0 Å². The van der Waals surface area contributed by atoms with E-state index in [1.165, 1.54) is 70.6 Å². The van der Waals surface area contributed by atoms with Crippen LogP contribution in [-0.2, 0) is 4.79 Å². The van der Waals surface area contributed by atoms with Gasteiger partial charge in [-0.15, -0.1) is 0 Å². The summed E-state index contributed by atoms with van der Waals surface area (Å²) in [4.78, 5) is 11.4. The molecule has 0 aromatic rings. The lowest BCUT2D eigenvalue weighted by Gasteiger charge is -2.18. The van der Waals surface area contributed by atoms with Crippen molar-refractivity contribution in [3.63, 3.8) is 0 Å². The van der Waals surface area contributed by atoms with Gasteiger partial charge in [-0.05, 0) is 25.2 Å². The van der Waals surface area contributed by atoms with Gasteiger partial charge in [-0.2, -0.15) is 0 Å². The Morgan fingerprint density at radius 3 is 1.86 bits per heavy atom. The molecule has 0 spiro atoms. The lowest BCUT2D eigenvalue weighted by atomic mass is 9.86. The van der Waals surface area contributed by atoms with Gasteiger partial charge >= 0.3 is 5.97 Å². The van der Waals surface area contributed by atoms with Crippen molar-refractivity contribution in [1.82, 2.24) is 0 Å². The third-order valence-corrected chi connectivity index (χ3v) is 5.15. The van der Waals surface area contributed by atoms with Crippen LogP contribution in [0, 0.1) is 11.8 Å². The van der Waals surface area contributed by atoms with E-state index in [0.717, 1.165) is 25.7 Å². The summed E-state index contributed by atoms with van der Waals surface area (Å²) in [7, 11) is 0. The van der Waals surface area contributed by atoms with E-state index in [1.807, 2.05) is 0 Å². The standard InChI is InChI=1S/C19H36O2/c1-2-3-4-5-6-7-8-9-10-11-16-18(19(20)21)17-14-12-13-15-17/h17-18H,2-16H2,1H3,(H,20,21). The summed E-state index contributed by atoms with van der Waals surface area (Å²) in [5.74, 6) is -0.125. The molecule has 1 unspecified atom stereocenters. The van der Waals surface area contributed by atoms with Gasteiger partial charge in [0.25, 0.3) is 0 Å². The van der Waals surface area contributed by atoms with Gasteiger partial charge in [0, 0.05) is 0 Å². The Hall–Kier alpha value is -0.530. The molecule has 0 aromatic heterocycles. The molecule has 1 atom stereocenters. The van der Waals surface area contributed by atoms with Gasteiger partial charge in [0.15, 0.2) is 0 Å². The number of unbranched alkanes of at least 4 members (excludes halogenated alkanes) is 9. The summed E-state index contributed by atoms with van der Waals surface area (Å²) in [5.41, 5.74) is 0. The van der Waals surface area contributed by atoms with Crippen LogP contribution in [0.2, 0.25) is 0 Å². The molecule has 0 bridgehead atoms. The fourth-order valence-electron chi connectivity index (χ4n) is 3.77. The fraction of sp³-hybridized carbons (Fsp3) is 0.947. The second-order valence-corrected chi connectivity index (χ2v) is 6.96. The summed E-state index contributed by atoms with van der Waals surface area (Å²) in [6, 6.07) is 0. The van der Waals surface area contributed by atoms with Crippen molar-refractivity contribution in [3.05, 3.63) is 0 Å². The van der Waals surface area contributed by atoms with Crippen LogP contribution in [0.25, 0.3) is 0 Å². The molecule has 21 heavy (non-hydrogen) atoms.